The number of pyridine rings is 1. The molecule has 6 nitrogen and oxygen atoms in total. The predicted molar refractivity (Wildman–Crippen MR) is 88.3 cm³/mol. The van der Waals surface area contributed by atoms with Gasteiger partial charge in [0, 0.05) is 25.3 Å². The van der Waals surface area contributed by atoms with E-state index in [9.17, 15) is 4.79 Å². The Labute approximate surface area is 141 Å². The molecule has 0 saturated heterocycles. The van der Waals surface area contributed by atoms with E-state index in [2.05, 4.69) is 4.98 Å². The number of hydrogen-bond donors (Lipinski definition) is 1. The third-order valence-corrected chi connectivity index (χ3v) is 3.40. The monoisotopic (exact) mass is 331 g/mol. The third kappa shape index (κ3) is 5.24. The molecule has 2 aromatic rings. The maximum Gasteiger partial charge on any atom is 0.333 e. The van der Waals surface area contributed by atoms with Gasteiger partial charge in [0.25, 0.3) is 0 Å². The van der Waals surface area contributed by atoms with Crippen molar-refractivity contribution < 1.29 is 24.1 Å². The quantitative estimate of drug-likeness (QED) is 0.761. The standard InChI is InChI=1S/C18H21NO5/c1-3-23-17(18(20)21)10-13-4-6-15(7-5-13)24-12-14-11-16(22-2)8-9-19-14/h4-9,11,17H,3,10,12H2,1-2H3,(H,20,21)/t17-/m0/s1. The van der Waals surface area contributed by atoms with Crippen LogP contribution >= 0.6 is 0 Å². The highest BCUT2D eigenvalue weighted by atomic mass is 16.5. The van der Waals surface area contributed by atoms with E-state index in [1.807, 2.05) is 18.2 Å². The van der Waals surface area contributed by atoms with Gasteiger partial charge in [-0.25, -0.2) is 4.79 Å². The Morgan fingerprint density at radius 1 is 1.21 bits per heavy atom. The molecule has 1 heterocycles. The Balaban J connectivity index is 1.92. The predicted octanol–water partition coefficient (Wildman–Crippen LogP) is 2.70. The Hall–Kier alpha value is -2.60. The molecule has 0 aliphatic rings. The van der Waals surface area contributed by atoms with E-state index in [0.717, 1.165) is 17.0 Å². The second-order valence-corrected chi connectivity index (χ2v) is 5.11. The maximum atomic E-state index is 11.1. The first kappa shape index (κ1) is 17.7. The number of rotatable bonds is 9. The Morgan fingerprint density at radius 2 is 1.96 bits per heavy atom. The summed E-state index contributed by atoms with van der Waals surface area (Å²) < 4.78 is 16.0. The van der Waals surface area contributed by atoms with E-state index in [-0.39, 0.29) is 0 Å². The molecule has 128 valence electrons. The lowest BCUT2D eigenvalue weighted by Gasteiger charge is -2.13. The number of carboxylic acid groups (broad SMARTS) is 1. The zero-order valence-corrected chi connectivity index (χ0v) is 13.8. The fourth-order valence-electron chi connectivity index (χ4n) is 2.17. The summed E-state index contributed by atoms with van der Waals surface area (Å²) in [5.41, 5.74) is 1.64. The van der Waals surface area contributed by atoms with Crippen molar-refractivity contribution in [2.45, 2.75) is 26.1 Å². The summed E-state index contributed by atoms with van der Waals surface area (Å²) in [6.07, 6.45) is 1.16. The molecule has 1 atom stereocenters. The van der Waals surface area contributed by atoms with Crippen molar-refractivity contribution in [2.75, 3.05) is 13.7 Å². The second-order valence-electron chi connectivity index (χ2n) is 5.11. The zero-order chi connectivity index (χ0) is 17.4. The molecule has 0 unspecified atom stereocenters. The van der Waals surface area contributed by atoms with Gasteiger partial charge in [0.1, 0.15) is 18.1 Å². The van der Waals surface area contributed by atoms with Crippen LogP contribution in [0.2, 0.25) is 0 Å². The van der Waals surface area contributed by atoms with E-state index < -0.39 is 12.1 Å². The first-order chi connectivity index (χ1) is 11.6. The second kappa shape index (κ2) is 8.88. The summed E-state index contributed by atoms with van der Waals surface area (Å²) in [4.78, 5) is 15.3. The van der Waals surface area contributed by atoms with Crippen LogP contribution in [0.3, 0.4) is 0 Å². The zero-order valence-electron chi connectivity index (χ0n) is 13.8. The number of carbonyl (C=O) groups is 1. The molecule has 0 bridgehead atoms. The Bertz CT molecular complexity index is 657. The fourth-order valence-corrected chi connectivity index (χ4v) is 2.17. The number of aliphatic carboxylic acids is 1. The van der Waals surface area contributed by atoms with Gasteiger partial charge in [0.15, 0.2) is 6.10 Å². The van der Waals surface area contributed by atoms with Gasteiger partial charge in [-0.3, -0.25) is 4.98 Å². The van der Waals surface area contributed by atoms with Crippen molar-refractivity contribution in [2.24, 2.45) is 0 Å². The highest BCUT2D eigenvalue weighted by molar-refractivity contribution is 5.72. The van der Waals surface area contributed by atoms with E-state index in [4.69, 9.17) is 19.3 Å². The third-order valence-electron chi connectivity index (χ3n) is 3.40. The van der Waals surface area contributed by atoms with Gasteiger partial charge in [-0.1, -0.05) is 12.1 Å². The van der Waals surface area contributed by atoms with E-state index in [1.165, 1.54) is 0 Å². The van der Waals surface area contributed by atoms with Gasteiger partial charge in [-0.05, 0) is 30.7 Å². The van der Waals surface area contributed by atoms with Crippen LogP contribution < -0.4 is 9.47 Å². The molecular weight excluding hydrogens is 310 g/mol. The highest BCUT2D eigenvalue weighted by Gasteiger charge is 2.17. The number of carboxylic acids is 1. The van der Waals surface area contributed by atoms with Crippen molar-refractivity contribution in [1.82, 2.24) is 4.98 Å². The van der Waals surface area contributed by atoms with Crippen molar-refractivity contribution in [3.63, 3.8) is 0 Å². The largest absolute Gasteiger partial charge is 0.497 e. The van der Waals surface area contributed by atoms with Crippen molar-refractivity contribution in [3.05, 3.63) is 53.9 Å². The highest BCUT2D eigenvalue weighted by Crippen LogP contribution is 2.17. The summed E-state index contributed by atoms with van der Waals surface area (Å²) >= 11 is 0. The van der Waals surface area contributed by atoms with Gasteiger partial charge in [0.05, 0.1) is 12.8 Å². The van der Waals surface area contributed by atoms with E-state index >= 15 is 0 Å². The molecule has 0 fully saturated rings. The molecule has 6 heteroatoms. The van der Waals surface area contributed by atoms with Crippen molar-refractivity contribution in [1.29, 1.82) is 0 Å². The molecular formula is C18H21NO5. The maximum absolute atomic E-state index is 11.1. The lowest BCUT2D eigenvalue weighted by molar-refractivity contribution is -0.149. The first-order valence-electron chi connectivity index (χ1n) is 7.67. The smallest absolute Gasteiger partial charge is 0.333 e. The Kier molecular flexibility index (Phi) is 6.57. The minimum atomic E-state index is -0.957. The molecule has 24 heavy (non-hydrogen) atoms. The topological polar surface area (TPSA) is 77.9 Å². The van der Waals surface area contributed by atoms with E-state index in [1.54, 1.807) is 38.4 Å². The Morgan fingerprint density at radius 3 is 2.58 bits per heavy atom. The van der Waals surface area contributed by atoms with Gasteiger partial charge in [-0.15, -0.1) is 0 Å². The molecule has 0 radical (unpaired) electrons. The fraction of sp³-hybridized carbons (Fsp3) is 0.333. The molecule has 1 aromatic heterocycles. The molecule has 0 aliphatic carbocycles. The molecule has 0 saturated carbocycles. The molecule has 1 N–H and O–H groups in total. The van der Waals surface area contributed by atoms with Gasteiger partial charge < -0.3 is 19.3 Å². The van der Waals surface area contributed by atoms with Crippen LogP contribution in [0.25, 0.3) is 0 Å². The summed E-state index contributed by atoms with van der Waals surface area (Å²) in [7, 11) is 1.60. The van der Waals surface area contributed by atoms with Crippen molar-refractivity contribution >= 4 is 5.97 Å². The number of methoxy groups -OCH3 is 1. The van der Waals surface area contributed by atoms with Crippen LogP contribution in [-0.2, 0) is 22.6 Å². The van der Waals surface area contributed by atoms with Gasteiger partial charge in [0.2, 0.25) is 0 Å². The number of benzene rings is 1. The van der Waals surface area contributed by atoms with Crippen LogP contribution in [-0.4, -0.2) is 35.9 Å². The van der Waals surface area contributed by atoms with Crippen LogP contribution in [0.5, 0.6) is 11.5 Å². The lowest BCUT2D eigenvalue weighted by Crippen LogP contribution is -2.26. The minimum Gasteiger partial charge on any atom is -0.497 e. The molecule has 1 aromatic carbocycles. The summed E-state index contributed by atoms with van der Waals surface area (Å²) in [5.74, 6) is 0.461. The number of hydrogen-bond acceptors (Lipinski definition) is 5. The van der Waals surface area contributed by atoms with Gasteiger partial charge in [-0.2, -0.15) is 0 Å². The lowest BCUT2D eigenvalue weighted by atomic mass is 10.1. The van der Waals surface area contributed by atoms with E-state index in [0.29, 0.717) is 25.4 Å². The molecule has 2 rings (SSSR count). The SMILES string of the molecule is CCO[C@@H](Cc1ccc(OCc2cc(OC)ccn2)cc1)C(=O)O. The van der Waals surface area contributed by atoms with Gasteiger partial charge >= 0.3 is 5.97 Å². The number of nitrogens with zero attached hydrogens (tertiary/aromatic N) is 1. The molecule has 0 amide bonds. The summed E-state index contributed by atoms with van der Waals surface area (Å²) in [5, 5.41) is 9.11. The number of ether oxygens (including phenoxy) is 3. The van der Waals surface area contributed by atoms with Crippen LogP contribution in [0.15, 0.2) is 42.6 Å². The molecule has 0 aliphatic heterocycles. The van der Waals surface area contributed by atoms with Crippen LogP contribution in [0.4, 0.5) is 0 Å². The molecule has 0 spiro atoms. The average molecular weight is 331 g/mol. The average Bonchev–Trinajstić information content (AvgIpc) is 2.61. The van der Waals surface area contributed by atoms with Crippen molar-refractivity contribution in [3.8, 4) is 11.5 Å². The van der Waals surface area contributed by atoms with Crippen LogP contribution in [0.1, 0.15) is 18.2 Å². The van der Waals surface area contributed by atoms with Crippen LogP contribution in [0, 0.1) is 0 Å². The number of aromatic nitrogens is 1. The minimum absolute atomic E-state index is 0.320. The summed E-state index contributed by atoms with van der Waals surface area (Å²) in [6, 6.07) is 10.9. The first-order valence-corrected chi connectivity index (χ1v) is 7.67. The summed E-state index contributed by atoms with van der Waals surface area (Å²) in [6.45, 7) is 2.47. The normalized spacial score (nSPS) is 11.8.